The lowest BCUT2D eigenvalue weighted by atomic mass is 9.91. The van der Waals surface area contributed by atoms with Crippen molar-refractivity contribution in [1.29, 1.82) is 0 Å². The minimum absolute atomic E-state index is 0.0567. The van der Waals surface area contributed by atoms with E-state index in [1.54, 1.807) is 11.3 Å². The van der Waals surface area contributed by atoms with Crippen LogP contribution < -0.4 is 5.32 Å². The lowest BCUT2D eigenvalue weighted by Gasteiger charge is -2.24. The van der Waals surface area contributed by atoms with Gasteiger partial charge in [0.25, 0.3) is 0 Å². The molecule has 2 amide bonds. The van der Waals surface area contributed by atoms with Crippen molar-refractivity contribution in [3.8, 4) is 0 Å². The van der Waals surface area contributed by atoms with E-state index >= 15 is 0 Å². The van der Waals surface area contributed by atoms with Crippen LogP contribution in [0, 0.1) is 11.3 Å². The number of nitrogens with zero attached hydrogens (tertiary/aromatic N) is 1. The highest BCUT2D eigenvalue weighted by molar-refractivity contribution is 8.04. The number of rotatable bonds is 6. The molecule has 1 atom stereocenters. The molecule has 0 radical (unpaired) electrons. The highest BCUT2D eigenvalue weighted by atomic mass is 32.2. The Labute approximate surface area is 163 Å². The van der Waals surface area contributed by atoms with E-state index in [-0.39, 0.29) is 41.9 Å². The summed E-state index contributed by atoms with van der Waals surface area (Å²) in [6.07, 6.45) is 1.49. The minimum atomic E-state index is -0.519. The maximum atomic E-state index is 12.6. The molecule has 1 saturated heterocycles. The monoisotopic (exact) mass is 394 g/mol. The van der Waals surface area contributed by atoms with Gasteiger partial charge in [0.1, 0.15) is 6.54 Å². The summed E-state index contributed by atoms with van der Waals surface area (Å²) in [7, 11) is 0. The minimum Gasteiger partial charge on any atom is -0.347 e. The number of amides is 2. The molecule has 1 aromatic heterocycles. The average molecular weight is 395 g/mol. The predicted molar refractivity (Wildman–Crippen MR) is 107 cm³/mol. The maximum Gasteiger partial charge on any atom is 0.240 e. The number of thiophene rings is 1. The second kappa shape index (κ2) is 8.39. The molecule has 0 saturated carbocycles. The molecule has 5 nitrogen and oxygen atoms in total. The third kappa shape index (κ3) is 5.20. The van der Waals surface area contributed by atoms with Crippen molar-refractivity contribution >= 4 is 40.7 Å². The summed E-state index contributed by atoms with van der Waals surface area (Å²) < 4.78 is 0. The van der Waals surface area contributed by atoms with Gasteiger partial charge in [0.15, 0.2) is 5.78 Å². The summed E-state index contributed by atoms with van der Waals surface area (Å²) in [5, 5.41) is 5.57. The largest absolute Gasteiger partial charge is 0.347 e. The SMILES string of the molecule is CC(C)C(NC(=O)CN1C(=O)CS/C1=C\C(=O)C(C)(C)C)c1cccs1. The number of allylic oxidation sites excluding steroid dienone is 1. The molecule has 0 bridgehead atoms. The first-order chi connectivity index (χ1) is 12.1. The summed E-state index contributed by atoms with van der Waals surface area (Å²) in [5.74, 6) is 0.0737. The standard InChI is InChI=1S/C19H26N2O3S2/c1-12(2)18(13-7-6-8-25-13)20-15(23)10-21-16(24)11-26-17(21)9-14(22)19(3,4)5/h6-9,12,18H,10-11H2,1-5H3,(H,20,23)/b17-9-. The van der Waals surface area contributed by atoms with Crippen LogP contribution in [-0.2, 0) is 14.4 Å². The highest BCUT2D eigenvalue weighted by Crippen LogP contribution is 2.31. The summed E-state index contributed by atoms with van der Waals surface area (Å²) in [6.45, 7) is 9.53. The summed E-state index contributed by atoms with van der Waals surface area (Å²) in [5.41, 5.74) is -0.519. The lowest BCUT2D eigenvalue weighted by molar-refractivity contribution is -0.131. The number of hydrogen-bond donors (Lipinski definition) is 1. The molecule has 2 heterocycles. The Morgan fingerprint density at radius 3 is 2.58 bits per heavy atom. The zero-order chi connectivity index (χ0) is 19.5. The maximum absolute atomic E-state index is 12.6. The van der Waals surface area contributed by atoms with Crippen LogP contribution in [0.3, 0.4) is 0 Å². The van der Waals surface area contributed by atoms with Crippen molar-refractivity contribution in [1.82, 2.24) is 10.2 Å². The van der Waals surface area contributed by atoms with Crippen molar-refractivity contribution in [3.63, 3.8) is 0 Å². The Morgan fingerprint density at radius 1 is 1.35 bits per heavy atom. The van der Waals surface area contributed by atoms with Gasteiger partial charge in [-0.25, -0.2) is 0 Å². The van der Waals surface area contributed by atoms with Crippen LogP contribution in [0.1, 0.15) is 45.5 Å². The Balaban J connectivity index is 2.09. The third-order valence-corrected chi connectivity index (χ3v) is 6.02. The van der Waals surface area contributed by atoms with Gasteiger partial charge in [-0.2, -0.15) is 0 Å². The van der Waals surface area contributed by atoms with Gasteiger partial charge in [-0.05, 0) is 17.4 Å². The smallest absolute Gasteiger partial charge is 0.240 e. The van der Waals surface area contributed by atoms with Crippen LogP contribution in [0.2, 0.25) is 0 Å². The molecule has 1 aliphatic heterocycles. The van der Waals surface area contributed by atoms with Gasteiger partial charge in [0.2, 0.25) is 11.8 Å². The van der Waals surface area contributed by atoms with Gasteiger partial charge >= 0.3 is 0 Å². The number of carbonyl (C=O) groups is 3. The van der Waals surface area contributed by atoms with E-state index < -0.39 is 5.41 Å². The summed E-state index contributed by atoms with van der Waals surface area (Å²) in [4.78, 5) is 39.5. The molecule has 1 N–H and O–H groups in total. The topological polar surface area (TPSA) is 66.5 Å². The molecular formula is C19H26N2O3S2. The normalized spacial score (nSPS) is 17.8. The molecular weight excluding hydrogens is 368 g/mol. The molecule has 1 unspecified atom stereocenters. The first kappa shape index (κ1) is 20.7. The van der Waals surface area contributed by atoms with Gasteiger partial charge in [-0.3, -0.25) is 19.3 Å². The number of nitrogens with one attached hydrogen (secondary N) is 1. The van der Waals surface area contributed by atoms with E-state index in [2.05, 4.69) is 19.2 Å². The van der Waals surface area contributed by atoms with Crippen LogP contribution in [0.4, 0.5) is 0 Å². The number of ketones is 1. The predicted octanol–water partition coefficient (Wildman–Crippen LogP) is 3.59. The van der Waals surface area contributed by atoms with Crippen LogP contribution in [-0.4, -0.2) is 34.8 Å². The Morgan fingerprint density at radius 2 is 2.04 bits per heavy atom. The molecule has 0 aromatic carbocycles. The van der Waals surface area contributed by atoms with E-state index in [4.69, 9.17) is 0 Å². The van der Waals surface area contributed by atoms with E-state index in [1.807, 2.05) is 38.3 Å². The Hall–Kier alpha value is -1.60. The van der Waals surface area contributed by atoms with Crippen LogP contribution in [0.15, 0.2) is 28.6 Å². The van der Waals surface area contributed by atoms with Crippen molar-refractivity contribution in [3.05, 3.63) is 33.5 Å². The lowest BCUT2D eigenvalue weighted by Crippen LogP contribution is -2.40. The summed E-state index contributed by atoms with van der Waals surface area (Å²) in [6, 6.07) is 3.87. The molecule has 142 valence electrons. The molecule has 26 heavy (non-hydrogen) atoms. The van der Waals surface area contributed by atoms with Gasteiger partial charge in [0, 0.05) is 16.4 Å². The number of thioether (sulfide) groups is 1. The van der Waals surface area contributed by atoms with Crippen LogP contribution in [0.25, 0.3) is 0 Å². The number of hydrogen-bond acceptors (Lipinski definition) is 5. The first-order valence-corrected chi connectivity index (χ1v) is 10.5. The first-order valence-electron chi connectivity index (χ1n) is 8.61. The van der Waals surface area contributed by atoms with Crippen LogP contribution in [0.5, 0.6) is 0 Å². The zero-order valence-corrected chi connectivity index (χ0v) is 17.5. The molecule has 1 aliphatic rings. The second-order valence-corrected chi connectivity index (χ2v) is 9.64. The van der Waals surface area contributed by atoms with E-state index in [0.29, 0.717) is 5.03 Å². The Bertz CT molecular complexity index is 703. The van der Waals surface area contributed by atoms with Crippen molar-refractivity contribution < 1.29 is 14.4 Å². The molecule has 0 aliphatic carbocycles. The van der Waals surface area contributed by atoms with E-state index in [9.17, 15) is 14.4 Å². The second-order valence-electron chi connectivity index (χ2n) is 7.67. The third-order valence-electron chi connectivity index (χ3n) is 4.04. The molecule has 7 heteroatoms. The van der Waals surface area contributed by atoms with Gasteiger partial charge < -0.3 is 5.32 Å². The summed E-state index contributed by atoms with van der Waals surface area (Å²) >= 11 is 2.91. The van der Waals surface area contributed by atoms with E-state index in [1.165, 1.54) is 22.7 Å². The van der Waals surface area contributed by atoms with Gasteiger partial charge in [0.05, 0.1) is 16.8 Å². The molecule has 2 rings (SSSR count). The number of carbonyl (C=O) groups excluding carboxylic acids is 3. The van der Waals surface area contributed by atoms with E-state index in [0.717, 1.165) is 4.88 Å². The van der Waals surface area contributed by atoms with Gasteiger partial charge in [-0.15, -0.1) is 11.3 Å². The fourth-order valence-corrected chi connectivity index (χ4v) is 4.31. The average Bonchev–Trinajstić information content (AvgIpc) is 3.16. The molecule has 1 aromatic rings. The van der Waals surface area contributed by atoms with Crippen molar-refractivity contribution in [2.24, 2.45) is 11.3 Å². The highest BCUT2D eigenvalue weighted by Gasteiger charge is 2.31. The van der Waals surface area contributed by atoms with Crippen molar-refractivity contribution in [2.45, 2.75) is 40.7 Å². The fraction of sp³-hybridized carbons (Fsp3) is 0.526. The molecule has 0 spiro atoms. The quantitative estimate of drug-likeness (QED) is 0.749. The van der Waals surface area contributed by atoms with Gasteiger partial charge in [-0.1, -0.05) is 52.4 Å². The molecule has 1 fully saturated rings. The zero-order valence-electron chi connectivity index (χ0n) is 15.9. The van der Waals surface area contributed by atoms with Crippen molar-refractivity contribution in [2.75, 3.05) is 12.3 Å². The Kier molecular flexibility index (Phi) is 6.69. The fourth-order valence-electron chi connectivity index (χ4n) is 2.43. The van der Waals surface area contributed by atoms with Crippen LogP contribution >= 0.6 is 23.1 Å².